The third kappa shape index (κ3) is 1.93. The molecule has 4 heteroatoms. The summed E-state index contributed by atoms with van der Waals surface area (Å²) in [6.45, 7) is 2.83. The van der Waals surface area contributed by atoms with E-state index in [2.05, 4.69) is 9.55 Å². The molecule has 1 aromatic heterocycles. The molecule has 90 valence electrons. The highest BCUT2D eigenvalue weighted by Gasteiger charge is 2.25. The molecule has 2 N–H and O–H groups in total. The van der Waals surface area contributed by atoms with E-state index in [1.807, 2.05) is 6.92 Å². The van der Waals surface area contributed by atoms with E-state index in [4.69, 9.17) is 5.73 Å². The maximum absolute atomic E-state index is 13.3. The van der Waals surface area contributed by atoms with Gasteiger partial charge in [0.15, 0.2) is 0 Å². The predicted octanol–water partition coefficient (Wildman–Crippen LogP) is 2.61. The fourth-order valence-corrected chi connectivity index (χ4v) is 2.21. The Kier molecular flexibility index (Phi) is 2.40. The average Bonchev–Trinajstić information content (AvgIpc) is 3.01. The molecule has 1 heterocycles. The molecule has 0 saturated heterocycles. The molecule has 0 spiro atoms. The van der Waals surface area contributed by atoms with Crippen molar-refractivity contribution >= 4 is 11.0 Å². The highest BCUT2D eigenvalue weighted by molar-refractivity contribution is 5.76. The van der Waals surface area contributed by atoms with E-state index in [9.17, 15) is 4.39 Å². The second-order valence-electron chi connectivity index (χ2n) is 4.95. The topological polar surface area (TPSA) is 43.8 Å². The molecule has 0 radical (unpaired) electrons. The molecule has 3 rings (SSSR count). The van der Waals surface area contributed by atoms with Crippen LogP contribution in [0.25, 0.3) is 11.0 Å². The van der Waals surface area contributed by atoms with Gasteiger partial charge in [0, 0.05) is 6.54 Å². The number of imidazole rings is 1. The van der Waals surface area contributed by atoms with E-state index in [0.29, 0.717) is 5.92 Å². The van der Waals surface area contributed by atoms with E-state index in [0.717, 1.165) is 23.4 Å². The van der Waals surface area contributed by atoms with Crippen LogP contribution in [0.3, 0.4) is 0 Å². The van der Waals surface area contributed by atoms with Gasteiger partial charge in [0.05, 0.1) is 17.1 Å². The monoisotopic (exact) mass is 233 g/mol. The minimum absolute atomic E-state index is 0.121. The van der Waals surface area contributed by atoms with Crippen LogP contribution >= 0.6 is 0 Å². The molecule has 17 heavy (non-hydrogen) atoms. The van der Waals surface area contributed by atoms with Crippen LogP contribution in [0.2, 0.25) is 0 Å². The molecule has 1 fully saturated rings. The largest absolute Gasteiger partial charge is 0.326 e. The first kappa shape index (κ1) is 10.7. The lowest BCUT2D eigenvalue weighted by atomic mass is 10.3. The van der Waals surface area contributed by atoms with Crippen LogP contribution in [-0.2, 0) is 6.54 Å². The van der Waals surface area contributed by atoms with Gasteiger partial charge in [0.25, 0.3) is 0 Å². The summed E-state index contributed by atoms with van der Waals surface area (Å²) in [6, 6.07) is 4.60. The molecule has 2 aromatic rings. The summed E-state index contributed by atoms with van der Waals surface area (Å²) in [6.07, 6.45) is 2.51. The molecule has 1 atom stereocenters. The summed E-state index contributed by atoms with van der Waals surface area (Å²) >= 11 is 0. The smallest absolute Gasteiger partial charge is 0.126 e. The second-order valence-corrected chi connectivity index (χ2v) is 4.95. The van der Waals surface area contributed by atoms with E-state index in [1.165, 1.54) is 18.9 Å². The minimum Gasteiger partial charge on any atom is -0.326 e. The third-order valence-corrected chi connectivity index (χ3v) is 3.28. The molecule has 1 aliphatic carbocycles. The number of nitrogens with two attached hydrogens (primary N) is 1. The zero-order chi connectivity index (χ0) is 12.0. The Balaban J connectivity index is 2.16. The van der Waals surface area contributed by atoms with Gasteiger partial charge in [-0.2, -0.15) is 0 Å². The number of nitrogens with zero attached hydrogens (tertiary/aromatic N) is 2. The first-order valence-corrected chi connectivity index (χ1v) is 6.06. The minimum atomic E-state index is -0.217. The number of benzene rings is 1. The highest BCUT2D eigenvalue weighted by atomic mass is 19.1. The summed E-state index contributed by atoms with van der Waals surface area (Å²) in [5.74, 6) is 1.36. The first-order chi connectivity index (χ1) is 8.15. The number of hydrogen-bond acceptors (Lipinski definition) is 2. The van der Waals surface area contributed by atoms with E-state index < -0.39 is 0 Å². The number of hydrogen-bond donors (Lipinski definition) is 1. The SMILES string of the molecule is C[C@H](N)c1nc2ccc(F)cc2n1CC1CC1. The quantitative estimate of drug-likeness (QED) is 0.885. The van der Waals surface area contributed by atoms with Gasteiger partial charge in [-0.1, -0.05) is 0 Å². The zero-order valence-corrected chi connectivity index (χ0v) is 9.86. The fraction of sp³-hybridized carbons (Fsp3) is 0.462. The molecule has 1 aliphatic rings. The maximum atomic E-state index is 13.3. The Morgan fingerprint density at radius 3 is 2.94 bits per heavy atom. The molecular formula is C13H16FN3. The van der Waals surface area contributed by atoms with Gasteiger partial charge in [-0.25, -0.2) is 9.37 Å². The summed E-state index contributed by atoms with van der Waals surface area (Å²) in [7, 11) is 0. The summed E-state index contributed by atoms with van der Waals surface area (Å²) in [4.78, 5) is 4.51. The van der Waals surface area contributed by atoms with Gasteiger partial charge in [-0.05, 0) is 43.9 Å². The van der Waals surface area contributed by atoms with Crippen LogP contribution in [-0.4, -0.2) is 9.55 Å². The van der Waals surface area contributed by atoms with Crippen molar-refractivity contribution in [3.05, 3.63) is 29.8 Å². The molecular weight excluding hydrogens is 217 g/mol. The maximum Gasteiger partial charge on any atom is 0.126 e. The zero-order valence-electron chi connectivity index (χ0n) is 9.86. The van der Waals surface area contributed by atoms with Crippen LogP contribution in [0.4, 0.5) is 4.39 Å². The Bertz CT molecular complexity index is 555. The molecule has 0 bridgehead atoms. The van der Waals surface area contributed by atoms with Crippen molar-refractivity contribution < 1.29 is 4.39 Å². The van der Waals surface area contributed by atoms with Gasteiger partial charge in [0.2, 0.25) is 0 Å². The van der Waals surface area contributed by atoms with E-state index in [-0.39, 0.29) is 11.9 Å². The van der Waals surface area contributed by atoms with Crippen molar-refractivity contribution in [3.63, 3.8) is 0 Å². The van der Waals surface area contributed by atoms with Crippen molar-refractivity contribution in [1.82, 2.24) is 9.55 Å². The lowest BCUT2D eigenvalue weighted by Crippen LogP contribution is -2.14. The summed E-state index contributed by atoms with van der Waals surface area (Å²) < 4.78 is 15.4. The van der Waals surface area contributed by atoms with Crippen molar-refractivity contribution in [2.24, 2.45) is 11.7 Å². The Morgan fingerprint density at radius 1 is 1.53 bits per heavy atom. The Hall–Kier alpha value is -1.42. The van der Waals surface area contributed by atoms with Crippen molar-refractivity contribution in [3.8, 4) is 0 Å². The molecule has 1 saturated carbocycles. The van der Waals surface area contributed by atoms with Crippen LogP contribution in [0.5, 0.6) is 0 Å². The number of halogens is 1. The lowest BCUT2D eigenvalue weighted by Gasteiger charge is -2.10. The third-order valence-electron chi connectivity index (χ3n) is 3.28. The number of aromatic nitrogens is 2. The van der Waals surface area contributed by atoms with Crippen molar-refractivity contribution in [2.75, 3.05) is 0 Å². The Morgan fingerprint density at radius 2 is 2.29 bits per heavy atom. The Labute approximate surface area is 99.4 Å². The second kappa shape index (κ2) is 3.81. The van der Waals surface area contributed by atoms with E-state index >= 15 is 0 Å². The summed E-state index contributed by atoms with van der Waals surface area (Å²) in [5.41, 5.74) is 7.63. The average molecular weight is 233 g/mol. The van der Waals surface area contributed by atoms with Gasteiger partial charge in [0.1, 0.15) is 11.6 Å². The van der Waals surface area contributed by atoms with Gasteiger partial charge >= 0.3 is 0 Å². The molecule has 1 aromatic carbocycles. The molecule has 0 unspecified atom stereocenters. The number of fused-ring (bicyclic) bond motifs is 1. The van der Waals surface area contributed by atoms with Crippen LogP contribution < -0.4 is 5.73 Å². The lowest BCUT2D eigenvalue weighted by molar-refractivity contribution is 0.579. The van der Waals surface area contributed by atoms with Gasteiger partial charge in [-0.15, -0.1) is 0 Å². The summed E-state index contributed by atoms with van der Waals surface area (Å²) in [5, 5.41) is 0. The normalized spacial score (nSPS) is 17.6. The van der Waals surface area contributed by atoms with E-state index in [1.54, 1.807) is 12.1 Å². The first-order valence-electron chi connectivity index (χ1n) is 6.06. The van der Waals surface area contributed by atoms with Gasteiger partial charge < -0.3 is 10.3 Å². The molecule has 3 nitrogen and oxygen atoms in total. The van der Waals surface area contributed by atoms with Crippen LogP contribution in [0.15, 0.2) is 18.2 Å². The highest BCUT2D eigenvalue weighted by Crippen LogP contribution is 2.33. The van der Waals surface area contributed by atoms with Crippen molar-refractivity contribution in [1.29, 1.82) is 0 Å². The molecule has 0 aliphatic heterocycles. The van der Waals surface area contributed by atoms with Crippen LogP contribution in [0.1, 0.15) is 31.6 Å². The number of rotatable bonds is 3. The standard InChI is InChI=1S/C13H16FN3/c1-8(15)13-16-11-5-4-10(14)6-12(11)17(13)7-9-2-3-9/h4-6,8-9H,2-3,7,15H2,1H3/t8-/m0/s1. The predicted molar refractivity (Wildman–Crippen MR) is 65.0 cm³/mol. The molecule has 0 amide bonds. The van der Waals surface area contributed by atoms with Crippen LogP contribution in [0, 0.1) is 11.7 Å². The van der Waals surface area contributed by atoms with Crippen molar-refractivity contribution in [2.45, 2.75) is 32.4 Å². The fourth-order valence-electron chi connectivity index (χ4n) is 2.21. The van der Waals surface area contributed by atoms with Gasteiger partial charge in [-0.3, -0.25) is 0 Å².